The summed E-state index contributed by atoms with van der Waals surface area (Å²) in [6.07, 6.45) is 2.17. The van der Waals surface area contributed by atoms with Crippen LogP contribution >= 0.6 is 23.3 Å². The van der Waals surface area contributed by atoms with Crippen molar-refractivity contribution in [2.75, 3.05) is 25.1 Å². The van der Waals surface area contributed by atoms with Gasteiger partial charge in [-0.05, 0) is 19.8 Å². The summed E-state index contributed by atoms with van der Waals surface area (Å²) in [5.41, 5.74) is -0.0921. The van der Waals surface area contributed by atoms with Gasteiger partial charge < -0.3 is 9.64 Å². The summed E-state index contributed by atoms with van der Waals surface area (Å²) < 4.78 is 13.7. The van der Waals surface area contributed by atoms with Crippen molar-refractivity contribution in [3.63, 3.8) is 0 Å². The summed E-state index contributed by atoms with van der Waals surface area (Å²) in [5.74, 6) is 0.796. The first-order valence-electron chi connectivity index (χ1n) is 4.93. The highest BCUT2D eigenvalue weighted by Gasteiger charge is 2.32. The fourth-order valence-corrected chi connectivity index (χ4v) is 2.69. The lowest BCUT2D eigenvalue weighted by atomic mass is 9.95. The van der Waals surface area contributed by atoms with Gasteiger partial charge >= 0.3 is 0 Å². The molecule has 1 aliphatic rings. The molecule has 2 rings (SSSR count). The second kappa shape index (κ2) is 4.23. The van der Waals surface area contributed by atoms with E-state index in [9.17, 15) is 0 Å². The van der Waals surface area contributed by atoms with Gasteiger partial charge in [-0.1, -0.05) is 11.6 Å². The summed E-state index contributed by atoms with van der Waals surface area (Å²) >= 11 is 7.12. The molecule has 2 heterocycles. The Morgan fingerprint density at radius 3 is 2.93 bits per heavy atom. The number of halogens is 1. The lowest BCUT2D eigenvalue weighted by Crippen LogP contribution is -2.47. The van der Waals surface area contributed by atoms with Gasteiger partial charge in [0.25, 0.3) is 0 Å². The van der Waals surface area contributed by atoms with Crippen LogP contribution in [-0.2, 0) is 4.74 Å². The minimum absolute atomic E-state index is 0.0921. The summed E-state index contributed by atoms with van der Waals surface area (Å²) in [5, 5.41) is 0.500. The Hall–Kier alpha value is -0.390. The third-order valence-corrected chi connectivity index (χ3v) is 3.76. The molecule has 1 aromatic heterocycles. The number of hydrogen-bond acceptors (Lipinski definition) is 5. The standard InChI is InChI=1S/C9H14ClN3OS/c1-9(14-2)4-3-5-13(6-9)8-7(10)11-15-12-8/h3-6H2,1-2H3. The molecule has 15 heavy (non-hydrogen) atoms. The number of rotatable bonds is 2. The molecular formula is C9H14ClN3OS. The molecule has 1 saturated heterocycles. The fourth-order valence-electron chi connectivity index (χ4n) is 1.91. The molecule has 4 nitrogen and oxygen atoms in total. The van der Waals surface area contributed by atoms with Crippen molar-refractivity contribution in [1.82, 2.24) is 8.75 Å². The predicted octanol–water partition coefficient (Wildman–Crippen LogP) is 2.20. The minimum atomic E-state index is -0.0921. The molecule has 84 valence electrons. The van der Waals surface area contributed by atoms with Crippen LogP contribution in [0.5, 0.6) is 0 Å². The lowest BCUT2D eigenvalue weighted by Gasteiger charge is -2.39. The molecule has 0 spiro atoms. The minimum Gasteiger partial charge on any atom is -0.377 e. The van der Waals surface area contributed by atoms with Gasteiger partial charge in [0, 0.05) is 20.2 Å². The number of ether oxygens (including phenoxy) is 1. The van der Waals surface area contributed by atoms with Gasteiger partial charge in [0.1, 0.15) is 0 Å². The highest BCUT2D eigenvalue weighted by molar-refractivity contribution is 6.99. The summed E-state index contributed by atoms with van der Waals surface area (Å²) in [6.45, 7) is 3.92. The largest absolute Gasteiger partial charge is 0.377 e. The molecular weight excluding hydrogens is 234 g/mol. The summed E-state index contributed by atoms with van der Waals surface area (Å²) in [4.78, 5) is 2.15. The van der Waals surface area contributed by atoms with E-state index >= 15 is 0 Å². The van der Waals surface area contributed by atoms with E-state index in [1.165, 1.54) is 0 Å². The van der Waals surface area contributed by atoms with E-state index in [1.54, 1.807) is 7.11 Å². The van der Waals surface area contributed by atoms with Crippen molar-refractivity contribution < 1.29 is 4.74 Å². The van der Waals surface area contributed by atoms with E-state index in [2.05, 4.69) is 20.6 Å². The monoisotopic (exact) mass is 247 g/mol. The third-order valence-electron chi connectivity index (χ3n) is 2.88. The van der Waals surface area contributed by atoms with Crippen molar-refractivity contribution >= 4 is 29.1 Å². The van der Waals surface area contributed by atoms with Crippen LogP contribution in [0, 0.1) is 0 Å². The molecule has 0 aliphatic carbocycles. The van der Waals surface area contributed by atoms with Crippen molar-refractivity contribution in [3.8, 4) is 0 Å². The van der Waals surface area contributed by atoms with E-state index < -0.39 is 0 Å². The number of nitrogens with zero attached hydrogens (tertiary/aromatic N) is 3. The topological polar surface area (TPSA) is 38.2 Å². The molecule has 1 fully saturated rings. The van der Waals surface area contributed by atoms with Crippen LogP contribution in [0.25, 0.3) is 0 Å². The van der Waals surface area contributed by atoms with E-state index in [0.29, 0.717) is 5.15 Å². The average molecular weight is 248 g/mol. The maximum absolute atomic E-state index is 5.96. The first-order chi connectivity index (χ1) is 7.14. The smallest absolute Gasteiger partial charge is 0.187 e. The molecule has 1 atom stereocenters. The van der Waals surface area contributed by atoms with Crippen LogP contribution in [0.4, 0.5) is 5.82 Å². The van der Waals surface area contributed by atoms with Crippen molar-refractivity contribution in [1.29, 1.82) is 0 Å². The second-order valence-corrected chi connectivity index (χ2v) is 4.94. The van der Waals surface area contributed by atoms with Crippen molar-refractivity contribution in [3.05, 3.63) is 5.15 Å². The molecule has 1 aromatic rings. The van der Waals surface area contributed by atoms with Crippen LogP contribution < -0.4 is 4.90 Å². The van der Waals surface area contributed by atoms with Crippen LogP contribution in [0.3, 0.4) is 0 Å². The van der Waals surface area contributed by atoms with Crippen LogP contribution in [0.1, 0.15) is 19.8 Å². The molecule has 6 heteroatoms. The molecule has 0 aromatic carbocycles. The fraction of sp³-hybridized carbons (Fsp3) is 0.778. The van der Waals surface area contributed by atoms with Gasteiger partial charge in [0.05, 0.1) is 17.3 Å². The number of hydrogen-bond donors (Lipinski definition) is 0. The van der Waals surface area contributed by atoms with E-state index in [4.69, 9.17) is 16.3 Å². The zero-order chi connectivity index (χ0) is 10.9. The van der Waals surface area contributed by atoms with Gasteiger partial charge in [0.2, 0.25) is 0 Å². The van der Waals surface area contributed by atoms with Gasteiger partial charge in [-0.2, -0.15) is 8.75 Å². The van der Waals surface area contributed by atoms with Gasteiger partial charge in [-0.25, -0.2) is 0 Å². The van der Waals surface area contributed by atoms with E-state index in [1.807, 2.05) is 0 Å². The van der Waals surface area contributed by atoms with Crippen LogP contribution in [0.2, 0.25) is 5.15 Å². The Balaban J connectivity index is 2.15. The Morgan fingerprint density at radius 1 is 1.53 bits per heavy atom. The summed E-state index contributed by atoms with van der Waals surface area (Å²) in [7, 11) is 1.75. The maximum atomic E-state index is 5.96. The van der Waals surface area contributed by atoms with Gasteiger partial charge in [0.15, 0.2) is 11.0 Å². The highest BCUT2D eigenvalue weighted by Crippen LogP contribution is 2.30. The second-order valence-electron chi connectivity index (χ2n) is 4.06. The maximum Gasteiger partial charge on any atom is 0.187 e. The number of methoxy groups -OCH3 is 1. The number of piperidine rings is 1. The Morgan fingerprint density at radius 2 is 2.33 bits per heavy atom. The molecule has 0 N–H and O–H groups in total. The first-order valence-corrected chi connectivity index (χ1v) is 6.04. The normalized spacial score (nSPS) is 27.0. The molecule has 0 saturated carbocycles. The third kappa shape index (κ3) is 2.24. The van der Waals surface area contributed by atoms with Crippen LogP contribution in [-0.4, -0.2) is 34.5 Å². The Bertz CT molecular complexity index is 346. The van der Waals surface area contributed by atoms with Crippen molar-refractivity contribution in [2.45, 2.75) is 25.4 Å². The van der Waals surface area contributed by atoms with Crippen LogP contribution in [0.15, 0.2) is 0 Å². The van der Waals surface area contributed by atoms with E-state index in [-0.39, 0.29) is 5.60 Å². The Kier molecular flexibility index (Phi) is 3.13. The SMILES string of the molecule is COC1(C)CCCN(c2nsnc2Cl)C1. The molecule has 0 amide bonds. The lowest BCUT2D eigenvalue weighted by molar-refractivity contribution is -0.00478. The number of anilines is 1. The number of aromatic nitrogens is 2. The zero-order valence-corrected chi connectivity index (χ0v) is 10.4. The quantitative estimate of drug-likeness (QED) is 0.803. The molecule has 0 bridgehead atoms. The zero-order valence-electron chi connectivity index (χ0n) is 8.86. The molecule has 1 unspecified atom stereocenters. The molecule has 1 aliphatic heterocycles. The predicted molar refractivity (Wildman–Crippen MR) is 61.8 cm³/mol. The van der Waals surface area contributed by atoms with Crippen molar-refractivity contribution in [2.24, 2.45) is 0 Å². The highest BCUT2D eigenvalue weighted by atomic mass is 35.5. The van der Waals surface area contributed by atoms with Gasteiger partial charge in [-0.3, -0.25) is 0 Å². The average Bonchev–Trinajstić information content (AvgIpc) is 2.65. The van der Waals surface area contributed by atoms with E-state index in [0.717, 1.165) is 43.5 Å². The van der Waals surface area contributed by atoms with Gasteiger partial charge in [-0.15, -0.1) is 0 Å². The molecule has 0 radical (unpaired) electrons. The Labute approximate surface area is 98.5 Å². The first kappa shape index (κ1) is 11.1. The summed E-state index contributed by atoms with van der Waals surface area (Å²) in [6, 6.07) is 0.